The first-order chi connectivity index (χ1) is 66.2. The van der Waals surface area contributed by atoms with Gasteiger partial charge in [-0.05, 0) is 360 Å². The maximum Gasteiger partial charge on any atom is 0.411 e. The van der Waals surface area contributed by atoms with Crippen LogP contribution in [-0.2, 0) is 81.1 Å². The molecule has 1 aliphatic carbocycles. The first-order valence-corrected chi connectivity index (χ1v) is 48.3. The highest BCUT2D eigenvalue weighted by molar-refractivity contribution is 9.11. The molecule has 0 saturated heterocycles. The number of aliphatic hydroxyl groups is 1. The van der Waals surface area contributed by atoms with Crippen molar-refractivity contribution in [2.24, 2.45) is 0 Å². The highest BCUT2D eigenvalue weighted by atomic mass is 79.9. The van der Waals surface area contributed by atoms with E-state index < -0.39 is 36.6 Å². The number of halogens is 6. The molecule has 12 aromatic rings. The lowest BCUT2D eigenvalue weighted by Gasteiger charge is -2.16. The molecule has 13 rings (SSSR count). The minimum Gasteiger partial charge on any atom is -0.493 e. The summed E-state index contributed by atoms with van der Waals surface area (Å²) in [4.78, 5) is 69.0. The minimum atomic E-state index is -0.571. The average Bonchev–Trinajstić information content (AvgIpc) is 1.67. The van der Waals surface area contributed by atoms with Gasteiger partial charge in [0.1, 0.15) is 79.9 Å². The Labute approximate surface area is 856 Å². The number of anilines is 6. The summed E-state index contributed by atoms with van der Waals surface area (Å²) < 4.78 is 74.4. The Morgan fingerprint density at radius 2 is 0.522 bits per heavy atom. The van der Waals surface area contributed by atoms with Crippen molar-refractivity contribution < 1.29 is 95.5 Å². The molecule has 1 aliphatic rings. The van der Waals surface area contributed by atoms with Gasteiger partial charge in [0.15, 0.2) is 0 Å². The molecule has 0 spiro atoms. The average molecular weight is 2270 g/mol. The number of benzene rings is 12. The van der Waals surface area contributed by atoms with E-state index >= 15 is 0 Å². The number of ether oxygens (including phenoxy) is 13. The monoisotopic (exact) mass is 2260 g/mol. The van der Waals surface area contributed by atoms with E-state index in [-0.39, 0.29) is 19.8 Å². The summed E-state index contributed by atoms with van der Waals surface area (Å²) in [7, 11) is 8.00. The summed E-state index contributed by atoms with van der Waals surface area (Å²) in [6.45, 7) is 22.3. The van der Waals surface area contributed by atoms with Crippen molar-refractivity contribution in [2.75, 3.05) is 81.2 Å². The first-order valence-electron chi connectivity index (χ1n) is 43.5. The summed E-state index contributed by atoms with van der Waals surface area (Å²) in [5.41, 5.74) is 21.2. The Hall–Kier alpha value is -12.3. The van der Waals surface area contributed by atoms with Crippen LogP contribution in [0.25, 0.3) is 0 Å². The van der Waals surface area contributed by atoms with Gasteiger partial charge >= 0.3 is 36.6 Å². The lowest BCUT2D eigenvalue weighted by molar-refractivity contribution is 0.186. The summed E-state index contributed by atoms with van der Waals surface area (Å²) in [6, 6.07) is 69.2. The zero-order chi connectivity index (χ0) is 100. The Morgan fingerprint density at radius 3 is 0.797 bits per heavy atom. The molecular formula is C106H114Br6N6O20. The van der Waals surface area contributed by atoms with Crippen molar-refractivity contribution in [1.82, 2.24) is 0 Å². The summed E-state index contributed by atoms with van der Waals surface area (Å²) >= 11 is 21.0. The fourth-order valence-electron chi connectivity index (χ4n) is 13.3. The molecule has 0 radical (unpaired) electrons. The smallest absolute Gasteiger partial charge is 0.411 e. The Morgan fingerprint density at radius 1 is 0.283 bits per heavy atom. The maximum atomic E-state index is 11.6. The number of carbonyl (C=O) groups is 6. The van der Waals surface area contributed by atoms with Crippen LogP contribution in [0.5, 0.6) is 40.2 Å². The highest BCUT2D eigenvalue weighted by Gasteiger charge is 2.29. The standard InChI is InChI=1S/C19H20BrNO3.C18H20BrNO4.C18H20BrNO3.C17H18BrNO4.2C17H18BrNO3/c1-12-6-9-18(16(20)10-12)24-11-15-14(13-7-8-13)4-3-5-17(15)21-19(22)23-2;1-4-23-16-7-5-6-15(20-18(21)22-3)13(16)11-24-17-9-8-12(2)10-14(17)19;1-4-13-6-5-7-16(20-18(21)22-3)14(13)11-23-17-9-8-12(2)10-15(17)19;1-11-6-7-16(14(18)8-11)23-10-13-12(9-20)4-3-5-15(13)19-17(21)22-2;2*1-11-7-8-16(14(18)9-11)22-10-13-12(2)5-4-6-15(13)19-17(20)21-3/h3-6,9-10,13H,7-8,11H2,1-2H3,(H,21,22);5-10H,4,11H2,1-3H3,(H,20,21);5-10H,4,11H2,1-3H3,(H,20,21);3-8,20H,9-10H2,1-2H3,(H,19,21);2*4-9H,10H2,1-3H3,(H,19,20). The molecule has 12 aromatic carbocycles. The number of methoxy groups -OCH3 is 6. The van der Waals surface area contributed by atoms with E-state index in [2.05, 4.69) is 164 Å². The highest BCUT2D eigenvalue weighted by Crippen LogP contribution is 2.45. The van der Waals surface area contributed by atoms with Crippen molar-refractivity contribution in [3.05, 3.63) is 340 Å². The Bertz CT molecular complexity index is 5900. The van der Waals surface area contributed by atoms with E-state index in [1.54, 1.807) is 24.3 Å². The molecule has 730 valence electrons. The SMILES string of the molecule is CCOc1cccc(NC(=O)OC)c1COc1ccc(C)cc1Br.CCc1cccc(NC(=O)OC)c1COc1ccc(C)cc1Br.COC(=O)Nc1cccc(C)c1COc1ccc(C)cc1Br.COC(=O)Nc1cccc(C)c1COc1ccc(C)cc1Br.COC(=O)Nc1cccc(C2CC2)c1COc1ccc(C)cc1Br.COC(=O)Nc1cccc(CO)c1COc1ccc(C)cc1Br. The van der Waals surface area contributed by atoms with Crippen LogP contribution in [0.15, 0.2) is 245 Å². The summed E-state index contributed by atoms with van der Waals surface area (Å²) in [5.74, 6) is 5.71. The van der Waals surface area contributed by atoms with E-state index in [1.165, 1.54) is 66.6 Å². The maximum absolute atomic E-state index is 11.6. The second-order valence-electron chi connectivity index (χ2n) is 31.0. The number of nitrogens with one attached hydrogen (secondary N) is 6. The van der Waals surface area contributed by atoms with Crippen molar-refractivity contribution >= 4 is 166 Å². The normalized spacial score (nSPS) is 10.8. The quantitative estimate of drug-likeness (QED) is 0.0214. The topological polar surface area (TPSA) is 315 Å². The van der Waals surface area contributed by atoms with E-state index in [1.807, 2.05) is 250 Å². The van der Waals surface area contributed by atoms with Gasteiger partial charge in [0, 0.05) is 27.8 Å². The van der Waals surface area contributed by atoms with Gasteiger partial charge in [0.25, 0.3) is 0 Å². The van der Waals surface area contributed by atoms with Crippen molar-refractivity contribution in [2.45, 2.75) is 141 Å². The van der Waals surface area contributed by atoms with Gasteiger partial charge in [-0.2, -0.15) is 0 Å². The van der Waals surface area contributed by atoms with Gasteiger partial charge < -0.3 is 66.7 Å². The van der Waals surface area contributed by atoms with Gasteiger partial charge in [0.2, 0.25) is 0 Å². The Balaban J connectivity index is 0.000000203. The van der Waals surface area contributed by atoms with Crippen LogP contribution < -0.4 is 65.1 Å². The zero-order valence-electron chi connectivity index (χ0n) is 79.6. The van der Waals surface area contributed by atoms with Gasteiger partial charge in [-0.3, -0.25) is 31.9 Å². The number of rotatable bonds is 29. The number of hydrogen-bond acceptors (Lipinski definition) is 20. The Kier molecular flexibility index (Phi) is 46.0. The molecule has 0 aliphatic heterocycles. The third-order valence-corrected chi connectivity index (χ3v) is 24.6. The third kappa shape index (κ3) is 35.3. The van der Waals surface area contributed by atoms with E-state index in [4.69, 9.17) is 37.9 Å². The minimum absolute atomic E-state index is 0.148. The molecule has 7 N–H and O–H groups in total. The van der Waals surface area contributed by atoms with Crippen LogP contribution in [0.3, 0.4) is 0 Å². The second kappa shape index (κ2) is 57.2. The van der Waals surface area contributed by atoms with Crippen LogP contribution in [-0.4, -0.2) is 90.9 Å². The largest absolute Gasteiger partial charge is 0.493 e. The van der Waals surface area contributed by atoms with Gasteiger partial charge in [-0.1, -0.05) is 110 Å². The van der Waals surface area contributed by atoms with Crippen molar-refractivity contribution in [3.63, 3.8) is 0 Å². The molecule has 32 heteroatoms. The fraction of sp³-hybridized carbons (Fsp3) is 0.264. The van der Waals surface area contributed by atoms with E-state index in [0.717, 1.165) is 140 Å². The predicted molar refractivity (Wildman–Crippen MR) is 562 cm³/mol. The number of aryl methyl sites for hydroxylation is 9. The molecule has 0 atom stereocenters. The van der Waals surface area contributed by atoms with Crippen LogP contribution in [0.4, 0.5) is 62.9 Å². The number of hydrogen-bond donors (Lipinski definition) is 7. The molecule has 6 amide bonds. The molecular weight excluding hydrogens is 2160 g/mol. The number of aliphatic hydroxyl groups excluding tert-OH is 1. The molecule has 0 bridgehead atoms. The van der Waals surface area contributed by atoms with Crippen LogP contribution in [0, 0.1) is 55.4 Å². The van der Waals surface area contributed by atoms with E-state index in [0.29, 0.717) is 90.0 Å². The molecule has 1 saturated carbocycles. The van der Waals surface area contributed by atoms with Crippen molar-refractivity contribution in [3.8, 4) is 40.2 Å². The van der Waals surface area contributed by atoms with Gasteiger partial charge in [0.05, 0.1) is 122 Å². The van der Waals surface area contributed by atoms with Gasteiger partial charge in [-0.15, -0.1) is 0 Å². The number of amides is 6. The molecule has 0 heterocycles. The van der Waals surface area contributed by atoms with Crippen LogP contribution >= 0.6 is 95.6 Å². The molecule has 138 heavy (non-hydrogen) atoms. The van der Waals surface area contributed by atoms with Crippen molar-refractivity contribution in [1.29, 1.82) is 0 Å². The zero-order valence-corrected chi connectivity index (χ0v) is 89.1. The lowest BCUT2D eigenvalue weighted by atomic mass is 10.0. The van der Waals surface area contributed by atoms with Gasteiger partial charge in [-0.25, -0.2) is 28.8 Å². The summed E-state index contributed by atoms with van der Waals surface area (Å²) in [6.07, 6.45) is 0.152. The predicted octanol–water partition coefficient (Wildman–Crippen LogP) is 29.0. The number of carbonyl (C=O) groups excluding carboxylic acids is 6. The first kappa shape index (κ1) is 111. The molecule has 26 nitrogen and oxygen atoms in total. The fourth-order valence-corrected chi connectivity index (χ4v) is 17.0. The molecule has 0 aromatic heterocycles. The molecule has 1 fully saturated rings. The van der Waals surface area contributed by atoms with Crippen LogP contribution in [0.1, 0.15) is 127 Å². The van der Waals surface area contributed by atoms with Crippen LogP contribution in [0.2, 0.25) is 0 Å². The second-order valence-corrected chi connectivity index (χ2v) is 36.1. The summed E-state index contributed by atoms with van der Waals surface area (Å²) in [5, 5.41) is 25.8. The third-order valence-electron chi connectivity index (χ3n) is 20.9. The molecule has 0 unspecified atom stereocenters. The lowest BCUT2D eigenvalue weighted by Crippen LogP contribution is -2.14. The van der Waals surface area contributed by atoms with E-state index in [9.17, 15) is 33.9 Å².